The minimum Gasteiger partial charge on any atom is -0.0654 e. The Balaban J connectivity index is 0.000000205. The monoisotopic (exact) mass is 1130 g/mol. The van der Waals surface area contributed by atoms with Crippen molar-refractivity contribution >= 4 is 0 Å². The number of hydrogen-bond donors (Lipinski definition) is 0. The van der Waals surface area contributed by atoms with Crippen LogP contribution >= 0.6 is 0 Å². The van der Waals surface area contributed by atoms with Crippen molar-refractivity contribution in [3.63, 3.8) is 0 Å². The first-order chi connectivity index (χ1) is 40.7. The Morgan fingerprint density at radius 2 is 0.655 bits per heavy atom. The van der Waals surface area contributed by atoms with Crippen LogP contribution in [0.2, 0.25) is 0 Å². The van der Waals surface area contributed by atoms with E-state index in [1.54, 1.807) is 44.5 Å². The van der Waals surface area contributed by atoms with Gasteiger partial charge in [0.15, 0.2) is 0 Å². The van der Waals surface area contributed by atoms with E-state index in [1.807, 2.05) is 0 Å². The SMILES string of the molecule is CCCCC(CC)Cc1cc(C)c(CC(CC)CCCC)cc1C.CCCCCCc1cc(C)c(CCCCCC)cc1C.Cc1cc(-c2ccccc2)c(C)cc1-c1ccccc1.Cc1cc(C2CCCCC2)c(C)cc1C1CCCCC1. The van der Waals surface area contributed by atoms with E-state index < -0.39 is 0 Å². The Hall–Kier alpha value is -4.68. The molecule has 0 saturated heterocycles. The van der Waals surface area contributed by atoms with Crippen molar-refractivity contribution in [2.24, 2.45) is 11.8 Å². The summed E-state index contributed by atoms with van der Waals surface area (Å²) in [7, 11) is 0. The molecule has 84 heavy (non-hydrogen) atoms. The standard InChI is InChI=1S/C24H42.C20H30.C20H18.C20H34/c1-7-11-13-21(9-3)17-23-15-20(6)24(16-19(23)5)18-22(10-4)14-12-8-2;2*1-15-13-20(18-11-7-4-8-12-18)16(2)14-19(15)17-9-5-3-6-10-17;1-5-7-9-11-13-19-15-18(4)20(16-17(19)3)14-12-10-8-6-2/h15-16,21-22H,7-14,17-18H2,1-6H3;13-14,17-18H,3-12H2,1-2H3;3-14H,1-2H3;15-16H,5-14H2,1-4H3. The second kappa shape index (κ2) is 39.2. The molecule has 0 aromatic heterocycles. The molecular weight excluding hydrogens is 1010 g/mol. The fourth-order valence-corrected chi connectivity index (χ4v) is 14.1. The number of hydrogen-bond acceptors (Lipinski definition) is 0. The minimum absolute atomic E-state index is 0.850. The summed E-state index contributed by atoms with van der Waals surface area (Å²) in [6, 6.07) is 40.8. The van der Waals surface area contributed by atoms with Crippen molar-refractivity contribution < 1.29 is 0 Å². The van der Waals surface area contributed by atoms with Gasteiger partial charge in [-0.25, -0.2) is 0 Å². The lowest BCUT2D eigenvalue weighted by molar-refractivity contribution is 0.437. The molecule has 0 radical (unpaired) electrons. The Morgan fingerprint density at radius 1 is 0.321 bits per heavy atom. The Bertz CT molecular complexity index is 2550. The summed E-state index contributed by atoms with van der Waals surface area (Å²) in [5.41, 5.74) is 26.8. The summed E-state index contributed by atoms with van der Waals surface area (Å²) in [5.74, 6) is 3.43. The minimum atomic E-state index is 0.850. The Kier molecular flexibility index (Phi) is 32.7. The van der Waals surface area contributed by atoms with Gasteiger partial charge in [0.25, 0.3) is 0 Å². The lowest BCUT2D eigenvalue weighted by Crippen LogP contribution is -2.10. The maximum atomic E-state index is 2.55. The first-order valence-corrected chi connectivity index (χ1v) is 35.3. The van der Waals surface area contributed by atoms with Gasteiger partial charge in [0.1, 0.15) is 0 Å². The highest BCUT2D eigenvalue weighted by Gasteiger charge is 2.22. The fourth-order valence-electron chi connectivity index (χ4n) is 14.1. The summed E-state index contributed by atoms with van der Waals surface area (Å²) >= 11 is 0. The molecule has 8 rings (SSSR count). The van der Waals surface area contributed by atoms with E-state index in [-0.39, 0.29) is 0 Å². The summed E-state index contributed by atoms with van der Waals surface area (Å²) in [5, 5.41) is 0. The van der Waals surface area contributed by atoms with Crippen LogP contribution in [0.1, 0.15) is 298 Å². The van der Waals surface area contributed by atoms with Crippen molar-refractivity contribution in [1.82, 2.24) is 0 Å². The molecular formula is C84H124. The molecule has 0 bridgehead atoms. The second-order valence-corrected chi connectivity index (χ2v) is 26.7. The second-order valence-electron chi connectivity index (χ2n) is 26.7. The van der Waals surface area contributed by atoms with Crippen molar-refractivity contribution in [3.8, 4) is 22.3 Å². The highest BCUT2D eigenvalue weighted by atomic mass is 14.3. The average Bonchev–Trinajstić information content (AvgIpc) is 3.11. The van der Waals surface area contributed by atoms with Crippen LogP contribution in [-0.2, 0) is 25.7 Å². The van der Waals surface area contributed by atoms with Crippen LogP contribution in [0.3, 0.4) is 0 Å². The highest BCUT2D eigenvalue weighted by molar-refractivity contribution is 5.76. The van der Waals surface area contributed by atoms with Gasteiger partial charge in [0.2, 0.25) is 0 Å². The zero-order valence-electron chi connectivity index (χ0n) is 56.9. The van der Waals surface area contributed by atoms with Crippen molar-refractivity contribution in [2.75, 3.05) is 0 Å². The van der Waals surface area contributed by atoms with Gasteiger partial charge in [0, 0.05) is 0 Å². The van der Waals surface area contributed by atoms with Crippen LogP contribution in [0.25, 0.3) is 22.3 Å². The maximum absolute atomic E-state index is 2.55. The molecule has 0 heteroatoms. The van der Waals surface area contributed by atoms with E-state index in [4.69, 9.17) is 0 Å². The topological polar surface area (TPSA) is 0 Å². The zero-order chi connectivity index (χ0) is 60.6. The number of aryl methyl sites for hydroxylation is 10. The number of benzene rings is 6. The summed E-state index contributed by atoms with van der Waals surface area (Å²) in [6.07, 6.45) is 41.1. The van der Waals surface area contributed by atoms with Crippen LogP contribution in [0.5, 0.6) is 0 Å². The molecule has 2 unspecified atom stereocenters. The largest absolute Gasteiger partial charge is 0.0654 e. The third kappa shape index (κ3) is 23.2. The van der Waals surface area contributed by atoms with Crippen molar-refractivity contribution in [2.45, 2.75) is 301 Å². The van der Waals surface area contributed by atoms with Crippen LogP contribution in [-0.4, -0.2) is 0 Å². The van der Waals surface area contributed by atoms with Crippen molar-refractivity contribution in [3.05, 3.63) is 187 Å². The van der Waals surface area contributed by atoms with Gasteiger partial charge in [-0.1, -0.05) is 279 Å². The predicted molar refractivity (Wildman–Crippen MR) is 376 cm³/mol. The number of unbranched alkanes of at least 4 members (excludes halogenated alkanes) is 8. The lowest BCUT2D eigenvalue weighted by Gasteiger charge is -2.28. The molecule has 6 aromatic rings. The number of rotatable bonds is 26. The van der Waals surface area contributed by atoms with Crippen LogP contribution in [0.4, 0.5) is 0 Å². The van der Waals surface area contributed by atoms with Crippen LogP contribution < -0.4 is 0 Å². The fraction of sp³-hybridized carbons (Fsp3) is 0.571. The molecule has 2 saturated carbocycles. The van der Waals surface area contributed by atoms with E-state index in [9.17, 15) is 0 Å². The van der Waals surface area contributed by atoms with E-state index in [0.29, 0.717) is 0 Å². The van der Waals surface area contributed by atoms with Gasteiger partial charge in [-0.15, -0.1) is 0 Å². The summed E-state index contributed by atoms with van der Waals surface area (Å²) < 4.78 is 0. The first kappa shape index (κ1) is 70.1. The third-order valence-corrected chi connectivity index (χ3v) is 19.8. The predicted octanol–water partition coefficient (Wildman–Crippen LogP) is 26.4. The first-order valence-electron chi connectivity index (χ1n) is 35.3. The Labute approximate surface area is 519 Å². The zero-order valence-corrected chi connectivity index (χ0v) is 56.9. The lowest BCUT2D eigenvalue weighted by atomic mass is 9.77. The smallest absolute Gasteiger partial charge is 0.0152 e. The van der Waals surface area contributed by atoms with Crippen molar-refractivity contribution in [1.29, 1.82) is 0 Å². The molecule has 0 heterocycles. The maximum Gasteiger partial charge on any atom is -0.0152 e. The van der Waals surface area contributed by atoms with E-state index in [1.165, 1.54) is 248 Å². The molecule has 460 valence electrons. The molecule has 2 atom stereocenters. The summed E-state index contributed by atoms with van der Waals surface area (Å²) in [4.78, 5) is 0. The molecule has 0 nitrogen and oxygen atoms in total. The van der Waals surface area contributed by atoms with Crippen LogP contribution in [0, 0.1) is 67.2 Å². The van der Waals surface area contributed by atoms with Gasteiger partial charge in [-0.3, -0.25) is 0 Å². The van der Waals surface area contributed by atoms with Gasteiger partial charge >= 0.3 is 0 Å². The molecule has 2 aliphatic rings. The molecule has 0 spiro atoms. The normalized spacial score (nSPS) is 14.4. The molecule has 2 fully saturated rings. The molecule has 0 aliphatic heterocycles. The van der Waals surface area contributed by atoms with E-state index in [0.717, 1.165) is 23.7 Å². The van der Waals surface area contributed by atoms with Gasteiger partial charge in [-0.2, -0.15) is 0 Å². The Morgan fingerprint density at radius 3 is 0.988 bits per heavy atom. The van der Waals surface area contributed by atoms with Gasteiger partial charge < -0.3 is 0 Å². The average molecular weight is 1130 g/mol. The molecule has 6 aromatic carbocycles. The molecule has 0 N–H and O–H groups in total. The van der Waals surface area contributed by atoms with Gasteiger partial charge in [-0.05, 0) is 243 Å². The third-order valence-electron chi connectivity index (χ3n) is 19.8. The van der Waals surface area contributed by atoms with Crippen LogP contribution in [0.15, 0.2) is 109 Å². The molecule has 0 amide bonds. The quantitative estimate of drug-likeness (QED) is 0.0475. The van der Waals surface area contributed by atoms with E-state index in [2.05, 4.69) is 206 Å². The highest BCUT2D eigenvalue weighted by Crippen LogP contribution is 2.40. The van der Waals surface area contributed by atoms with Gasteiger partial charge in [0.05, 0.1) is 0 Å². The summed E-state index contributed by atoms with van der Waals surface area (Å²) in [6.45, 7) is 32.2. The van der Waals surface area contributed by atoms with E-state index >= 15 is 0 Å². The molecule has 2 aliphatic carbocycles.